The van der Waals surface area contributed by atoms with E-state index in [1.165, 1.54) is 5.56 Å². The first-order valence-corrected chi connectivity index (χ1v) is 11.9. The monoisotopic (exact) mass is 458 g/mol. The highest BCUT2D eigenvalue weighted by Crippen LogP contribution is 2.31. The fourth-order valence-electron chi connectivity index (χ4n) is 4.76. The van der Waals surface area contributed by atoms with Crippen LogP contribution in [0.1, 0.15) is 42.8 Å². The first kappa shape index (κ1) is 22.3. The highest BCUT2D eigenvalue weighted by molar-refractivity contribution is 5.80. The number of rotatable bonds is 7. The van der Waals surface area contributed by atoms with Crippen molar-refractivity contribution in [2.45, 2.75) is 38.8 Å². The van der Waals surface area contributed by atoms with Gasteiger partial charge in [0.05, 0.1) is 12.6 Å². The Kier molecular flexibility index (Phi) is 6.40. The van der Waals surface area contributed by atoms with Crippen molar-refractivity contribution in [1.82, 2.24) is 30.1 Å². The number of H-pyrrole nitrogens is 1. The van der Waals surface area contributed by atoms with Gasteiger partial charge in [0.1, 0.15) is 11.8 Å². The molecule has 0 aliphatic carbocycles. The third-order valence-corrected chi connectivity index (χ3v) is 6.82. The summed E-state index contributed by atoms with van der Waals surface area (Å²) in [6.45, 7) is 4.73. The number of aromatic nitrogens is 5. The van der Waals surface area contributed by atoms with Crippen LogP contribution in [-0.4, -0.2) is 50.3 Å². The van der Waals surface area contributed by atoms with Gasteiger partial charge in [0.2, 0.25) is 0 Å². The first-order valence-electron chi connectivity index (χ1n) is 11.9. The second-order valence-corrected chi connectivity index (χ2v) is 9.12. The number of tetrazole rings is 1. The SMILES string of the molecule is COc1ccc2cc([C@@H](c3nnnn3CCc3ccccc3)N3CCC(C)CC3)c(=O)[nH]c2c1. The van der Waals surface area contributed by atoms with Gasteiger partial charge < -0.3 is 9.72 Å². The fourth-order valence-corrected chi connectivity index (χ4v) is 4.76. The van der Waals surface area contributed by atoms with Crippen molar-refractivity contribution in [2.75, 3.05) is 20.2 Å². The molecule has 0 radical (unpaired) electrons. The summed E-state index contributed by atoms with van der Waals surface area (Å²) in [6.07, 6.45) is 2.99. The number of fused-ring (bicyclic) bond motifs is 1. The fraction of sp³-hybridized carbons (Fsp3) is 0.385. The number of nitrogens with zero attached hydrogens (tertiary/aromatic N) is 5. The summed E-state index contributed by atoms with van der Waals surface area (Å²) in [4.78, 5) is 18.8. The quantitative estimate of drug-likeness (QED) is 0.455. The van der Waals surface area contributed by atoms with Gasteiger partial charge in [0, 0.05) is 18.2 Å². The molecule has 0 amide bonds. The number of aryl methyl sites for hydroxylation is 2. The maximum Gasteiger partial charge on any atom is 0.253 e. The molecule has 1 atom stereocenters. The molecule has 0 spiro atoms. The van der Waals surface area contributed by atoms with E-state index in [1.807, 2.05) is 47.1 Å². The molecule has 1 aliphatic heterocycles. The van der Waals surface area contributed by atoms with Gasteiger partial charge in [0.25, 0.3) is 5.56 Å². The van der Waals surface area contributed by atoms with Crippen molar-refractivity contribution in [1.29, 1.82) is 0 Å². The Labute approximate surface area is 198 Å². The molecule has 2 aromatic carbocycles. The number of benzene rings is 2. The van der Waals surface area contributed by atoms with Crippen molar-refractivity contribution < 1.29 is 4.74 Å². The molecule has 0 saturated carbocycles. The Morgan fingerprint density at radius 2 is 1.91 bits per heavy atom. The minimum absolute atomic E-state index is 0.123. The maximum atomic E-state index is 13.4. The number of piperidine rings is 1. The second kappa shape index (κ2) is 9.77. The van der Waals surface area contributed by atoms with Crippen molar-refractivity contribution in [2.24, 2.45) is 5.92 Å². The summed E-state index contributed by atoms with van der Waals surface area (Å²) in [7, 11) is 1.62. The van der Waals surface area contributed by atoms with Crippen LogP contribution in [0.4, 0.5) is 0 Å². The van der Waals surface area contributed by atoms with E-state index in [0.717, 1.165) is 43.3 Å². The molecule has 1 fully saturated rings. The Balaban J connectivity index is 1.54. The lowest BCUT2D eigenvalue weighted by Crippen LogP contribution is -2.40. The molecule has 2 aromatic heterocycles. The van der Waals surface area contributed by atoms with Gasteiger partial charge in [0.15, 0.2) is 5.82 Å². The van der Waals surface area contributed by atoms with Gasteiger partial charge >= 0.3 is 0 Å². The molecule has 176 valence electrons. The number of pyridine rings is 1. The van der Waals surface area contributed by atoms with E-state index in [-0.39, 0.29) is 11.6 Å². The van der Waals surface area contributed by atoms with Crippen LogP contribution < -0.4 is 10.3 Å². The molecule has 1 aliphatic rings. The van der Waals surface area contributed by atoms with E-state index in [0.29, 0.717) is 29.6 Å². The van der Waals surface area contributed by atoms with Gasteiger partial charge in [-0.15, -0.1) is 5.10 Å². The van der Waals surface area contributed by atoms with E-state index in [2.05, 4.69) is 44.5 Å². The van der Waals surface area contributed by atoms with Crippen LogP contribution in [0.5, 0.6) is 5.75 Å². The van der Waals surface area contributed by atoms with Crippen LogP contribution >= 0.6 is 0 Å². The smallest absolute Gasteiger partial charge is 0.253 e. The molecule has 8 heteroatoms. The molecule has 3 heterocycles. The zero-order chi connectivity index (χ0) is 23.5. The molecule has 1 N–H and O–H groups in total. The molecular weight excluding hydrogens is 428 g/mol. The lowest BCUT2D eigenvalue weighted by Gasteiger charge is -2.35. The number of hydrogen-bond donors (Lipinski definition) is 1. The van der Waals surface area contributed by atoms with E-state index in [9.17, 15) is 4.79 Å². The van der Waals surface area contributed by atoms with Crippen LogP contribution in [-0.2, 0) is 13.0 Å². The molecule has 0 unspecified atom stereocenters. The zero-order valence-corrected chi connectivity index (χ0v) is 19.6. The summed E-state index contributed by atoms with van der Waals surface area (Å²) in [6, 6.07) is 17.7. The molecule has 1 saturated heterocycles. The van der Waals surface area contributed by atoms with Crippen LogP contribution in [0.3, 0.4) is 0 Å². The Morgan fingerprint density at radius 3 is 2.68 bits per heavy atom. The Hall–Kier alpha value is -3.52. The van der Waals surface area contributed by atoms with Crippen molar-refractivity contribution in [3.63, 3.8) is 0 Å². The highest BCUT2D eigenvalue weighted by Gasteiger charge is 2.32. The maximum absolute atomic E-state index is 13.4. The minimum atomic E-state index is -0.312. The van der Waals surface area contributed by atoms with Crippen molar-refractivity contribution >= 4 is 10.9 Å². The average molecular weight is 459 g/mol. The van der Waals surface area contributed by atoms with Gasteiger partial charge in [-0.1, -0.05) is 37.3 Å². The summed E-state index contributed by atoms with van der Waals surface area (Å²) < 4.78 is 7.18. The molecule has 0 bridgehead atoms. The number of methoxy groups -OCH3 is 1. The standard InChI is InChI=1S/C26H30N6O2/c1-18-10-13-31(14-11-18)24(22-16-20-8-9-21(34-2)17-23(20)27-26(22)33)25-28-29-30-32(25)15-12-19-6-4-3-5-7-19/h3-9,16-18,24H,10-15H2,1-2H3,(H,27,33)/t24-/m0/s1. The third-order valence-electron chi connectivity index (χ3n) is 6.82. The van der Waals surface area contributed by atoms with Gasteiger partial charge in [-0.25, -0.2) is 4.68 Å². The van der Waals surface area contributed by atoms with E-state index in [1.54, 1.807) is 7.11 Å². The largest absolute Gasteiger partial charge is 0.497 e. The van der Waals surface area contributed by atoms with E-state index >= 15 is 0 Å². The van der Waals surface area contributed by atoms with Crippen LogP contribution in [0.25, 0.3) is 10.9 Å². The average Bonchev–Trinajstić information content (AvgIpc) is 3.33. The molecule has 34 heavy (non-hydrogen) atoms. The number of ether oxygens (including phenoxy) is 1. The number of aromatic amines is 1. The number of nitrogens with one attached hydrogen (secondary N) is 1. The molecule has 5 rings (SSSR count). The van der Waals surface area contributed by atoms with E-state index < -0.39 is 0 Å². The topological polar surface area (TPSA) is 88.9 Å². The molecule has 4 aromatic rings. The summed E-state index contributed by atoms with van der Waals surface area (Å²) in [5.74, 6) is 2.10. The third kappa shape index (κ3) is 4.59. The van der Waals surface area contributed by atoms with Crippen LogP contribution in [0.2, 0.25) is 0 Å². The Bertz CT molecular complexity index is 1310. The Morgan fingerprint density at radius 1 is 1.12 bits per heavy atom. The lowest BCUT2D eigenvalue weighted by molar-refractivity contribution is 0.149. The summed E-state index contributed by atoms with van der Waals surface area (Å²) >= 11 is 0. The van der Waals surface area contributed by atoms with E-state index in [4.69, 9.17) is 4.74 Å². The normalized spacial score (nSPS) is 16.1. The van der Waals surface area contributed by atoms with Gasteiger partial charge in [-0.2, -0.15) is 0 Å². The van der Waals surface area contributed by atoms with Gasteiger partial charge in [-0.05, 0) is 77.8 Å². The molecule has 8 nitrogen and oxygen atoms in total. The first-order chi connectivity index (χ1) is 16.6. The van der Waals surface area contributed by atoms with Gasteiger partial charge in [-0.3, -0.25) is 9.69 Å². The number of likely N-dealkylation sites (tertiary alicyclic amines) is 1. The lowest BCUT2D eigenvalue weighted by atomic mass is 9.95. The van der Waals surface area contributed by atoms with Crippen molar-refractivity contribution in [3.8, 4) is 5.75 Å². The highest BCUT2D eigenvalue weighted by atomic mass is 16.5. The molecular formula is C26H30N6O2. The number of hydrogen-bond acceptors (Lipinski definition) is 6. The predicted octanol–water partition coefficient (Wildman–Crippen LogP) is 3.59. The zero-order valence-electron chi connectivity index (χ0n) is 19.6. The summed E-state index contributed by atoms with van der Waals surface area (Å²) in [5.41, 5.74) is 2.53. The van der Waals surface area contributed by atoms with Crippen LogP contribution in [0.15, 0.2) is 59.4 Å². The van der Waals surface area contributed by atoms with Crippen molar-refractivity contribution in [3.05, 3.63) is 81.9 Å². The minimum Gasteiger partial charge on any atom is -0.497 e. The second-order valence-electron chi connectivity index (χ2n) is 9.12. The predicted molar refractivity (Wildman–Crippen MR) is 131 cm³/mol. The van der Waals surface area contributed by atoms with Crippen LogP contribution in [0, 0.1) is 5.92 Å². The summed E-state index contributed by atoms with van der Waals surface area (Å²) in [5, 5.41) is 13.7.